The zero-order chi connectivity index (χ0) is 24.4. The van der Waals surface area contributed by atoms with E-state index in [1.807, 2.05) is 68.6 Å². The van der Waals surface area contributed by atoms with Gasteiger partial charge in [0.05, 0.1) is 6.21 Å². The molecule has 0 aliphatic heterocycles. The first kappa shape index (κ1) is 22.3. The Balaban J connectivity index is 1.28. The summed E-state index contributed by atoms with van der Waals surface area (Å²) in [5, 5.41) is 5.20. The minimum Gasteiger partial charge on any atom is -0.343 e. The highest BCUT2D eigenvalue weighted by Gasteiger charge is 2.09. The minimum absolute atomic E-state index is 0.235. The molecule has 5 nitrogen and oxygen atoms in total. The maximum absolute atomic E-state index is 13.5. The summed E-state index contributed by atoms with van der Waals surface area (Å²) in [6.45, 7) is 4.67. The smallest absolute Gasteiger partial charge is 0.271 e. The van der Waals surface area contributed by atoms with Crippen molar-refractivity contribution in [3.05, 3.63) is 125 Å². The van der Waals surface area contributed by atoms with E-state index in [9.17, 15) is 9.18 Å². The van der Waals surface area contributed by atoms with E-state index in [2.05, 4.69) is 31.8 Å². The van der Waals surface area contributed by atoms with Crippen LogP contribution in [0, 0.1) is 19.7 Å². The molecule has 0 aliphatic rings. The Morgan fingerprint density at radius 3 is 2.54 bits per heavy atom. The van der Waals surface area contributed by atoms with E-state index >= 15 is 0 Å². The van der Waals surface area contributed by atoms with Crippen LogP contribution in [0.5, 0.6) is 0 Å². The lowest BCUT2D eigenvalue weighted by Gasteiger charge is -2.10. The molecule has 1 N–H and O–H groups in total. The number of benzene rings is 3. The topological polar surface area (TPSA) is 51.3 Å². The highest BCUT2D eigenvalue weighted by atomic mass is 19.1. The molecule has 0 saturated heterocycles. The average molecular weight is 465 g/mol. The van der Waals surface area contributed by atoms with Crippen LogP contribution in [0.3, 0.4) is 0 Å². The summed E-state index contributed by atoms with van der Waals surface area (Å²) in [5.41, 5.74) is 9.14. The van der Waals surface area contributed by atoms with E-state index < -0.39 is 0 Å². The van der Waals surface area contributed by atoms with Crippen LogP contribution in [-0.2, 0) is 6.54 Å². The Morgan fingerprint density at radius 1 is 0.943 bits per heavy atom. The van der Waals surface area contributed by atoms with Crippen LogP contribution in [0.1, 0.15) is 32.9 Å². The fraction of sp³-hybridized carbons (Fsp3) is 0.103. The molecule has 5 aromatic rings. The number of nitrogens with one attached hydrogen (secondary N) is 1. The molecule has 2 heterocycles. The minimum atomic E-state index is -0.270. The quantitative estimate of drug-likeness (QED) is 0.243. The van der Waals surface area contributed by atoms with E-state index in [0.717, 1.165) is 39.1 Å². The third-order valence-electron chi connectivity index (χ3n) is 6.05. The van der Waals surface area contributed by atoms with E-state index in [-0.39, 0.29) is 11.7 Å². The number of hydrogen-bond donors (Lipinski definition) is 1. The van der Waals surface area contributed by atoms with Crippen molar-refractivity contribution >= 4 is 23.0 Å². The molecule has 0 atom stereocenters. The van der Waals surface area contributed by atoms with Gasteiger partial charge in [0.25, 0.3) is 5.91 Å². The number of aryl methyl sites for hydroxylation is 2. The maximum atomic E-state index is 13.5. The number of carbonyl (C=O) groups is 1. The SMILES string of the molecule is Cc1ccc(C)n1-c1cccc(C(=O)N/N=C/c2ccc3c(ccn3Cc3cccc(F)c3)c2)c1. The molecule has 1 amide bonds. The number of halogens is 1. The summed E-state index contributed by atoms with van der Waals surface area (Å²) in [5.74, 6) is -0.505. The van der Waals surface area contributed by atoms with E-state index in [1.54, 1.807) is 24.4 Å². The number of aromatic nitrogens is 2. The van der Waals surface area contributed by atoms with Gasteiger partial charge in [-0.05, 0) is 85.6 Å². The second-order valence-corrected chi connectivity index (χ2v) is 8.59. The zero-order valence-corrected chi connectivity index (χ0v) is 19.6. The fourth-order valence-electron chi connectivity index (χ4n) is 4.36. The molecule has 6 heteroatoms. The van der Waals surface area contributed by atoms with Crippen molar-refractivity contribution in [3.63, 3.8) is 0 Å². The molecule has 174 valence electrons. The van der Waals surface area contributed by atoms with Crippen LogP contribution < -0.4 is 5.43 Å². The van der Waals surface area contributed by atoms with Gasteiger partial charge in [0.1, 0.15) is 5.82 Å². The summed E-state index contributed by atoms with van der Waals surface area (Å²) in [6, 6.07) is 26.2. The standard InChI is InChI=1S/C29H25FN4O/c1-20-9-10-21(2)34(20)27-8-4-6-25(17-27)29(35)32-31-18-22-11-12-28-24(15-22)13-14-33(28)19-23-5-3-7-26(30)16-23/h3-18H,19H2,1-2H3,(H,32,35)/b31-18+. The number of rotatable bonds is 6. The Bertz CT molecular complexity index is 1540. The Labute approximate surface area is 203 Å². The van der Waals surface area contributed by atoms with Gasteiger partial charge in [0.15, 0.2) is 0 Å². The third kappa shape index (κ3) is 4.77. The van der Waals surface area contributed by atoms with Crippen LogP contribution in [0.2, 0.25) is 0 Å². The monoisotopic (exact) mass is 464 g/mol. The normalized spacial score (nSPS) is 11.4. The van der Waals surface area contributed by atoms with Crippen molar-refractivity contribution in [3.8, 4) is 5.69 Å². The molecule has 0 aliphatic carbocycles. The molecule has 0 unspecified atom stereocenters. The maximum Gasteiger partial charge on any atom is 0.271 e. The first-order valence-corrected chi connectivity index (χ1v) is 11.4. The predicted octanol–water partition coefficient (Wildman–Crippen LogP) is 6.00. The first-order valence-electron chi connectivity index (χ1n) is 11.4. The second-order valence-electron chi connectivity index (χ2n) is 8.59. The van der Waals surface area contributed by atoms with Gasteiger partial charge < -0.3 is 9.13 Å². The lowest BCUT2D eigenvalue weighted by atomic mass is 10.1. The summed E-state index contributed by atoms with van der Waals surface area (Å²) in [7, 11) is 0. The van der Waals surface area contributed by atoms with Gasteiger partial charge >= 0.3 is 0 Å². The number of hydrazone groups is 1. The van der Waals surface area contributed by atoms with Gasteiger partial charge in [-0.1, -0.05) is 24.3 Å². The van der Waals surface area contributed by atoms with Crippen molar-refractivity contribution in [1.82, 2.24) is 14.6 Å². The van der Waals surface area contributed by atoms with Crippen molar-refractivity contribution < 1.29 is 9.18 Å². The Kier molecular flexibility index (Phi) is 6.02. The highest BCUT2D eigenvalue weighted by molar-refractivity contribution is 5.96. The van der Waals surface area contributed by atoms with E-state index in [4.69, 9.17) is 0 Å². The number of amides is 1. The summed E-state index contributed by atoms with van der Waals surface area (Å²) in [4.78, 5) is 12.7. The molecule has 5 rings (SSSR count). The fourth-order valence-corrected chi connectivity index (χ4v) is 4.36. The van der Waals surface area contributed by atoms with Gasteiger partial charge in [-0.3, -0.25) is 4.79 Å². The zero-order valence-electron chi connectivity index (χ0n) is 19.6. The van der Waals surface area contributed by atoms with Crippen LogP contribution in [0.4, 0.5) is 4.39 Å². The van der Waals surface area contributed by atoms with Crippen LogP contribution in [0.15, 0.2) is 96.2 Å². The molecular formula is C29H25FN4O. The molecule has 0 radical (unpaired) electrons. The van der Waals surface area contributed by atoms with Crippen molar-refractivity contribution in [2.75, 3.05) is 0 Å². The predicted molar refractivity (Wildman–Crippen MR) is 138 cm³/mol. The largest absolute Gasteiger partial charge is 0.343 e. The lowest BCUT2D eigenvalue weighted by Crippen LogP contribution is -2.18. The van der Waals surface area contributed by atoms with E-state index in [0.29, 0.717) is 12.1 Å². The van der Waals surface area contributed by atoms with Gasteiger partial charge in [0, 0.05) is 46.3 Å². The molecule has 3 aromatic carbocycles. The summed E-state index contributed by atoms with van der Waals surface area (Å²) >= 11 is 0. The van der Waals surface area contributed by atoms with Gasteiger partial charge in [-0.2, -0.15) is 5.10 Å². The molecular weight excluding hydrogens is 439 g/mol. The van der Waals surface area contributed by atoms with Gasteiger partial charge in [-0.25, -0.2) is 9.82 Å². The molecule has 0 fully saturated rings. The average Bonchev–Trinajstić information content (AvgIpc) is 3.41. The van der Waals surface area contributed by atoms with Crippen molar-refractivity contribution in [2.45, 2.75) is 20.4 Å². The number of nitrogens with zero attached hydrogens (tertiary/aromatic N) is 3. The van der Waals surface area contributed by atoms with Gasteiger partial charge in [0.2, 0.25) is 0 Å². The van der Waals surface area contributed by atoms with Crippen LogP contribution in [-0.4, -0.2) is 21.3 Å². The molecule has 2 aromatic heterocycles. The van der Waals surface area contributed by atoms with Gasteiger partial charge in [-0.15, -0.1) is 0 Å². The number of hydrogen-bond acceptors (Lipinski definition) is 2. The summed E-state index contributed by atoms with van der Waals surface area (Å²) < 4.78 is 17.7. The first-order chi connectivity index (χ1) is 17.0. The Morgan fingerprint density at radius 2 is 1.74 bits per heavy atom. The Hall–Kier alpha value is -4.45. The van der Waals surface area contributed by atoms with Crippen LogP contribution in [0.25, 0.3) is 16.6 Å². The third-order valence-corrected chi connectivity index (χ3v) is 6.05. The molecule has 0 bridgehead atoms. The van der Waals surface area contributed by atoms with E-state index in [1.165, 1.54) is 6.07 Å². The second kappa shape index (κ2) is 9.43. The van der Waals surface area contributed by atoms with Crippen molar-refractivity contribution in [2.24, 2.45) is 5.10 Å². The molecule has 0 spiro atoms. The van der Waals surface area contributed by atoms with Crippen LogP contribution >= 0.6 is 0 Å². The van der Waals surface area contributed by atoms with Crippen molar-refractivity contribution in [1.29, 1.82) is 0 Å². The molecule has 0 saturated carbocycles. The summed E-state index contributed by atoms with van der Waals surface area (Å²) in [6.07, 6.45) is 3.62. The number of carbonyl (C=O) groups excluding carboxylic acids is 1. The number of fused-ring (bicyclic) bond motifs is 1. The lowest BCUT2D eigenvalue weighted by molar-refractivity contribution is 0.0955. The molecule has 35 heavy (non-hydrogen) atoms. The highest BCUT2D eigenvalue weighted by Crippen LogP contribution is 2.20.